The Morgan fingerprint density at radius 3 is 2.81 bits per heavy atom. The maximum Gasteiger partial charge on any atom is 0.315 e. The maximum absolute atomic E-state index is 11.4. The fourth-order valence-electron chi connectivity index (χ4n) is 2.29. The molecule has 0 radical (unpaired) electrons. The van der Waals surface area contributed by atoms with E-state index in [0.29, 0.717) is 18.3 Å². The number of thiazole rings is 1. The summed E-state index contributed by atoms with van der Waals surface area (Å²) in [5.41, 5.74) is -0.328. The van der Waals surface area contributed by atoms with Crippen molar-refractivity contribution < 1.29 is 14.6 Å². The molecule has 0 aliphatic heterocycles. The first-order valence-corrected chi connectivity index (χ1v) is 8.21. The fraction of sp³-hybridized carbons (Fsp3) is 0.733. The van der Waals surface area contributed by atoms with Crippen LogP contribution in [-0.4, -0.2) is 42.4 Å². The molecule has 1 unspecified atom stereocenters. The maximum atomic E-state index is 11.4. The van der Waals surface area contributed by atoms with Gasteiger partial charge >= 0.3 is 5.97 Å². The summed E-state index contributed by atoms with van der Waals surface area (Å²) in [5, 5.41) is 12.1. The number of methoxy groups -OCH3 is 1. The number of ether oxygens (including phenoxy) is 1. The molecule has 1 aliphatic carbocycles. The zero-order valence-corrected chi connectivity index (χ0v) is 13.9. The first-order valence-electron chi connectivity index (χ1n) is 7.33. The van der Waals surface area contributed by atoms with Gasteiger partial charge in [-0.1, -0.05) is 0 Å². The van der Waals surface area contributed by atoms with E-state index in [1.807, 2.05) is 5.38 Å². The molecule has 6 heteroatoms. The summed E-state index contributed by atoms with van der Waals surface area (Å²) in [6.07, 6.45) is 2.53. The van der Waals surface area contributed by atoms with E-state index in [4.69, 9.17) is 4.74 Å². The summed E-state index contributed by atoms with van der Waals surface area (Å²) in [4.78, 5) is 18.2. The third-order valence-corrected chi connectivity index (χ3v) is 5.12. The Kier molecular flexibility index (Phi) is 4.88. The molecule has 0 amide bonds. The van der Waals surface area contributed by atoms with Crippen molar-refractivity contribution >= 4 is 22.4 Å². The van der Waals surface area contributed by atoms with Crippen molar-refractivity contribution in [1.82, 2.24) is 4.98 Å². The third-order valence-electron chi connectivity index (χ3n) is 4.24. The summed E-state index contributed by atoms with van der Waals surface area (Å²) >= 11 is 1.52. The van der Waals surface area contributed by atoms with Crippen molar-refractivity contribution in [2.45, 2.75) is 45.1 Å². The molecule has 1 atom stereocenters. The molecule has 5 nitrogen and oxygen atoms in total. The van der Waals surface area contributed by atoms with Crippen LogP contribution in [0.15, 0.2) is 5.38 Å². The minimum absolute atomic E-state index is 0.423. The molecular formula is C15H24N2O3S. The lowest BCUT2D eigenvalue weighted by Gasteiger charge is -2.29. The van der Waals surface area contributed by atoms with Crippen LogP contribution in [0.4, 0.5) is 5.13 Å². The van der Waals surface area contributed by atoms with E-state index >= 15 is 0 Å². The predicted molar refractivity (Wildman–Crippen MR) is 84.2 cm³/mol. The molecule has 0 spiro atoms. The highest BCUT2D eigenvalue weighted by Gasteiger charge is 2.35. The van der Waals surface area contributed by atoms with Crippen molar-refractivity contribution in [1.29, 1.82) is 0 Å². The Balaban J connectivity index is 2.20. The van der Waals surface area contributed by atoms with Crippen molar-refractivity contribution in [3.05, 3.63) is 11.1 Å². The van der Waals surface area contributed by atoms with Crippen LogP contribution in [0.1, 0.15) is 39.3 Å². The van der Waals surface area contributed by atoms with Gasteiger partial charge in [-0.05, 0) is 39.5 Å². The van der Waals surface area contributed by atoms with Crippen LogP contribution in [0, 0.1) is 5.92 Å². The molecule has 1 heterocycles. The molecular weight excluding hydrogens is 288 g/mol. The van der Waals surface area contributed by atoms with Crippen LogP contribution >= 0.6 is 11.3 Å². The Bertz CT molecular complexity index is 497. The van der Waals surface area contributed by atoms with Gasteiger partial charge in [0, 0.05) is 25.1 Å². The first kappa shape index (κ1) is 16.2. The van der Waals surface area contributed by atoms with Gasteiger partial charge in [-0.3, -0.25) is 4.79 Å². The van der Waals surface area contributed by atoms with Crippen LogP contribution in [0.2, 0.25) is 0 Å². The first-order chi connectivity index (χ1) is 9.87. The highest BCUT2D eigenvalue weighted by Crippen LogP contribution is 2.38. The highest BCUT2D eigenvalue weighted by molar-refractivity contribution is 7.13. The number of nitrogens with zero attached hydrogens (tertiary/aromatic N) is 2. The summed E-state index contributed by atoms with van der Waals surface area (Å²) in [5.74, 6) is -0.125. The van der Waals surface area contributed by atoms with E-state index < -0.39 is 11.4 Å². The number of aliphatic carboxylic acids is 1. The van der Waals surface area contributed by atoms with Gasteiger partial charge in [0.1, 0.15) is 5.41 Å². The van der Waals surface area contributed by atoms with Crippen LogP contribution in [-0.2, 0) is 14.9 Å². The number of carboxylic acids is 1. The molecule has 1 N–H and O–H groups in total. The smallest absolute Gasteiger partial charge is 0.315 e. The lowest BCUT2D eigenvalue weighted by atomic mass is 9.90. The molecule has 0 bridgehead atoms. The van der Waals surface area contributed by atoms with Gasteiger partial charge in [-0.25, -0.2) is 4.98 Å². The van der Waals surface area contributed by atoms with Gasteiger partial charge in [-0.15, -0.1) is 11.3 Å². The van der Waals surface area contributed by atoms with Crippen molar-refractivity contribution in [2.75, 3.05) is 25.2 Å². The number of carboxylic acid groups (broad SMARTS) is 1. The second kappa shape index (κ2) is 6.32. The Morgan fingerprint density at radius 2 is 2.29 bits per heavy atom. The molecule has 1 fully saturated rings. The van der Waals surface area contributed by atoms with Crippen molar-refractivity contribution in [2.24, 2.45) is 5.92 Å². The zero-order chi connectivity index (χ0) is 15.6. The molecule has 0 saturated heterocycles. The van der Waals surface area contributed by atoms with Crippen LogP contribution < -0.4 is 4.90 Å². The SMILES string of the molecule is COCCN(c1nc(C(C)(C)C(=O)O)cs1)C(C)C1CC1. The average Bonchev–Trinajstić information content (AvgIpc) is 3.17. The molecule has 1 saturated carbocycles. The monoisotopic (exact) mass is 312 g/mol. The van der Waals surface area contributed by atoms with E-state index in [0.717, 1.165) is 17.6 Å². The van der Waals surface area contributed by atoms with Gasteiger partial charge in [0.25, 0.3) is 0 Å². The molecule has 0 aromatic carbocycles. The summed E-state index contributed by atoms with van der Waals surface area (Å²) < 4.78 is 5.20. The minimum Gasteiger partial charge on any atom is -0.481 e. The van der Waals surface area contributed by atoms with Crippen LogP contribution in [0.25, 0.3) is 0 Å². The fourth-order valence-corrected chi connectivity index (χ4v) is 3.40. The molecule has 1 aromatic heterocycles. The highest BCUT2D eigenvalue weighted by atomic mass is 32.1. The number of rotatable bonds is 8. The van der Waals surface area contributed by atoms with Gasteiger partial charge in [-0.2, -0.15) is 0 Å². The number of aromatic nitrogens is 1. The van der Waals surface area contributed by atoms with E-state index in [1.165, 1.54) is 24.2 Å². The number of carbonyl (C=O) groups is 1. The van der Waals surface area contributed by atoms with Gasteiger partial charge < -0.3 is 14.7 Å². The standard InChI is InChI=1S/C15H24N2O3S/c1-10(11-5-6-11)17(7-8-20-4)14-16-12(9-21-14)15(2,3)13(18)19/h9-11H,5-8H2,1-4H3,(H,18,19). The quantitative estimate of drug-likeness (QED) is 0.799. The lowest BCUT2D eigenvalue weighted by Crippen LogP contribution is -2.37. The van der Waals surface area contributed by atoms with E-state index in [-0.39, 0.29) is 0 Å². The zero-order valence-electron chi connectivity index (χ0n) is 13.1. The van der Waals surface area contributed by atoms with Crippen LogP contribution in [0.5, 0.6) is 0 Å². The third kappa shape index (κ3) is 3.55. The van der Waals surface area contributed by atoms with E-state index in [2.05, 4.69) is 16.8 Å². The lowest BCUT2D eigenvalue weighted by molar-refractivity contribution is -0.142. The predicted octanol–water partition coefficient (Wildman–Crippen LogP) is 2.76. The second-order valence-corrected chi connectivity index (χ2v) is 7.05. The Morgan fingerprint density at radius 1 is 1.62 bits per heavy atom. The number of hydrogen-bond donors (Lipinski definition) is 1. The van der Waals surface area contributed by atoms with Gasteiger partial charge in [0.2, 0.25) is 0 Å². The van der Waals surface area contributed by atoms with Gasteiger partial charge in [0.05, 0.1) is 12.3 Å². The Hall–Kier alpha value is -1.14. The molecule has 2 rings (SSSR count). The number of anilines is 1. The second-order valence-electron chi connectivity index (χ2n) is 6.21. The average molecular weight is 312 g/mol. The van der Waals surface area contributed by atoms with Gasteiger partial charge in [0.15, 0.2) is 5.13 Å². The summed E-state index contributed by atoms with van der Waals surface area (Å²) in [6.45, 7) is 7.04. The Labute approximate surface area is 129 Å². The molecule has 1 aliphatic rings. The van der Waals surface area contributed by atoms with E-state index in [1.54, 1.807) is 21.0 Å². The largest absolute Gasteiger partial charge is 0.481 e. The molecule has 21 heavy (non-hydrogen) atoms. The van der Waals surface area contributed by atoms with E-state index in [9.17, 15) is 9.90 Å². The van der Waals surface area contributed by atoms with Crippen LogP contribution in [0.3, 0.4) is 0 Å². The normalized spacial score (nSPS) is 16.8. The number of hydrogen-bond acceptors (Lipinski definition) is 5. The molecule has 118 valence electrons. The van der Waals surface area contributed by atoms with Crippen molar-refractivity contribution in [3.8, 4) is 0 Å². The van der Waals surface area contributed by atoms with Crippen molar-refractivity contribution in [3.63, 3.8) is 0 Å². The minimum atomic E-state index is -0.954. The topological polar surface area (TPSA) is 62.7 Å². The summed E-state index contributed by atoms with van der Waals surface area (Å²) in [7, 11) is 1.70. The summed E-state index contributed by atoms with van der Waals surface area (Å²) in [6, 6.07) is 0.423. The molecule has 1 aromatic rings.